The number of hydrogen-bond acceptors (Lipinski definition) is 0. The molecule has 0 saturated heterocycles. The lowest BCUT2D eigenvalue weighted by molar-refractivity contribution is 0.486. The van der Waals surface area contributed by atoms with Gasteiger partial charge in [0.1, 0.15) is 0 Å². The van der Waals surface area contributed by atoms with Crippen molar-refractivity contribution in [3.05, 3.63) is 36.5 Å². The molecule has 0 radical (unpaired) electrons. The van der Waals surface area contributed by atoms with Crippen LogP contribution in [0.4, 0.5) is 0 Å². The van der Waals surface area contributed by atoms with E-state index in [1.54, 1.807) is 5.57 Å². The summed E-state index contributed by atoms with van der Waals surface area (Å²) < 4.78 is 0. The van der Waals surface area contributed by atoms with Crippen LogP contribution in [0, 0.1) is 5.92 Å². The van der Waals surface area contributed by atoms with E-state index >= 15 is 0 Å². The van der Waals surface area contributed by atoms with E-state index in [1.807, 2.05) is 6.08 Å². The van der Waals surface area contributed by atoms with Crippen molar-refractivity contribution in [2.24, 2.45) is 5.92 Å². The summed E-state index contributed by atoms with van der Waals surface area (Å²) in [4.78, 5) is 0. The second kappa shape index (κ2) is 9.27. The summed E-state index contributed by atoms with van der Waals surface area (Å²) in [6, 6.07) is 0. The maximum Gasteiger partial charge on any atom is -0.0166 e. The van der Waals surface area contributed by atoms with Crippen LogP contribution in [0.5, 0.6) is 0 Å². The van der Waals surface area contributed by atoms with Gasteiger partial charge in [-0.2, -0.15) is 0 Å². The highest BCUT2D eigenvalue weighted by atomic mass is 14.2. The second-order valence-electron chi connectivity index (χ2n) is 5.19. The number of unbranched alkanes of at least 4 members (excludes halogenated alkanes) is 2. The third-order valence-electron chi connectivity index (χ3n) is 3.64. The maximum atomic E-state index is 3.73. The van der Waals surface area contributed by atoms with Crippen LogP contribution >= 0.6 is 0 Å². The van der Waals surface area contributed by atoms with E-state index in [4.69, 9.17) is 0 Å². The zero-order chi connectivity index (χ0) is 12.3. The van der Waals surface area contributed by atoms with E-state index in [0.29, 0.717) is 0 Å². The zero-order valence-corrected chi connectivity index (χ0v) is 11.5. The second-order valence-corrected chi connectivity index (χ2v) is 5.19. The third-order valence-corrected chi connectivity index (χ3v) is 3.64. The Morgan fingerprint density at radius 2 is 2.18 bits per heavy atom. The average Bonchev–Trinajstić information content (AvgIpc) is 2.79. The molecule has 1 fully saturated rings. The molecule has 0 heterocycles. The predicted octanol–water partition coefficient (Wildman–Crippen LogP) is 5.82. The first-order valence-corrected chi connectivity index (χ1v) is 7.30. The highest BCUT2D eigenvalue weighted by Gasteiger charge is 2.17. The minimum absolute atomic E-state index is 0.992. The first-order chi connectivity index (χ1) is 8.36. The topological polar surface area (TPSA) is 0 Å². The molecule has 0 aromatic heterocycles. The van der Waals surface area contributed by atoms with E-state index < -0.39 is 0 Å². The Bertz CT molecular complexity index is 257. The number of rotatable bonds is 8. The summed E-state index contributed by atoms with van der Waals surface area (Å²) in [7, 11) is 0. The molecule has 0 spiro atoms. The molecule has 0 bridgehead atoms. The monoisotopic (exact) mass is 232 g/mol. The number of allylic oxidation sites excluding steroid dienone is 5. The lowest BCUT2D eigenvalue weighted by atomic mass is 10.0. The predicted molar refractivity (Wildman–Crippen MR) is 78.1 cm³/mol. The summed E-state index contributed by atoms with van der Waals surface area (Å²) in [5, 5.41) is 0. The van der Waals surface area contributed by atoms with Crippen molar-refractivity contribution in [3.63, 3.8) is 0 Å². The van der Waals surface area contributed by atoms with E-state index in [2.05, 4.69) is 31.7 Å². The molecule has 1 aliphatic rings. The average molecular weight is 232 g/mol. The lowest BCUT2D eigenvalue weighted by Gasteiger charge is -2.05. The van der Waals surface area contributed by atoms with Gasteiger partial charge in [-0.1, -0.05) is 56.1 Å². The Balaban J connectivity index is 2.14. The molecule has 0 aromatic carbocycles. The highest BCUT2D eigenvalue weighted by Crippen LogP contribution is 2.33. The fraction of sp³-hybridized carbons (Fsp3) is 0.647. The van der Waals surface area contributed by atoms with E-state index in [-0.39, 0.29) is 0 Å². The first kappa shape index (κ1) is 14.3. The maximum absolute atomic E-state index is 3.73. The van der Waals surface area contributed by atoms with Crippen molar-refractivity contribution in [2.45, 2.75) is 64.7 Å². The van der Waals surface area contributed by atoms with Gasteiger partial charge in [-0.05, 0) is 44.4 Å². The third kappa shape index (κ3) is 6.51. The zero-order valence-electron chi connectivity index (χ0n) is 11.5. The molecule has 0 aromatic rings. The van der Waals surface area contributed by atoms with Crippen LogP contribution in [0.15, 0.2) is 36.5 Å². The minimum atomic E-state index is 0.992. The normalized spacial score (nSPS) is 22.6. The van der Waals surface area contributed by atoms with Crippen molar-refractivity contribution in [2.75, 3.05) is 0 Å². The van der Waals surface area contributed by atoms with Gasteiger partial charge in [-0.25, -0.2) is 0 Å². The van der Waals surface area contributed by atoms with E-state index in [9.17, 15) is 0 Å². The van der Waals surface area contributed by atoms with Gasteiger partial charge in [-0.15, -0.1) is 6.58 Å². The largest absolute Gasteiger partial charge is 0.103 e. The molecule has 0 N–H and O–H groups in total. The van der Waals surface area contributed by atoms with Crippen LogP contribution in [0.25, 0.3) is 0 Å². The fourth-order valence-corrected chi connectivity index (χ4v) is 2.55. The van der Waals surface area contributed by atoms with Crippen molar-refractivity contribution < 1.29 is 0 Å². The van der Waals surface area contributed by atoms with E-state index in [1.165, 1.54) is 38.5 Å². The molecular weight excluding hydrogens is 204 g/mol. The van der Waals surface area contributed by atoms with Gasteiger partial charge in [0, 0.05) is 0 Å². The van der Waals surface area contributed by atoms with Gasteiger partial charge in [0.25, 0.3) is 0 Å². The lowest BCUT2D eigenvalue weighted by Crippen LogP contribution is -1.91. The van der Waals surface area contributed by atoms with Crippen LogP contribution in [0.3, 0.4) is 0 Å². The molecule has 1 aliphatic carbocycles. The Morgan fingerprint density at radius 3 is 2.94 bits per heavy atom. The quantitative estimate of drug-likeness (QED) is 0.365. The Hall–Kier alpha value is -0.780. The summed E-state index contributed by atoms with van der Waals surface area (Å²) in [5.41, 5.74) is 1.71. The molecule has 1 rings (SSSR count). The van der Waals surface area contributed by atoms with Crippen molar-refractivity contribution in [1.82, 2.24) is 0 Å². The summed E-state index contributed by atoms with van der Waals surface area (Å²) in [6.07, 6.45) is 20.8. The van der Waals surface area contributed by atoms with Gasteiger partial charge in [0.15, 0.2) is 0 Å². The van der Waals surface area contributed by atoms with Gasteiger partial charge < -0.3 is 0 Å². The van der Waals surface area contributed by atoms with Gasteiger partial charge in [-0.3, -0.25) is 0 Å². The molecule has 96 valence electrons. The Morgan fingerprint density at radius 1 is 1.29 bits per heavy atom. The first-order valence-electron chi connectivity index (χ1n) is 7.30. The molecule has 0 nitrogen and oxygen atoms in total. The van der Waals surface area contributed by atoms with Crippen LogP contribution in [-0.2, 0) is 0 Å². The molecule has 1 saturated carbocycles. The van der Waals surface area contributed by atoms with Crippen molar-refractivity contribution in [3.8, 4) is 0 Å². The summed E-state index contributed by atoms with van der Waals surface area (Å²) >= 11 is 0. The fourth-order valence-electron chi connectivity index (χ4n) is 2.55. The van der Waals surface area contributed by atoms with Crippen LogP contribution in [0.2, 0.25) is 0 Å². The van der Waals surface area contributed by atoms with Crippen LogP contribution in [0.1, 0.15) is 64.7 Å². The molecule has 17 heavy (non-hydrogen) atoms. The highest BCUT2D eigenvalue weighted by molar-refractivity contribution is 5.10. The van der Waals surface area contributed by atoms with Gasteiger partial charge in [0.05, 0.1) is 0 Å². The van der Waals surface area contributed by atoms with Crippen LogP contribution in [-0.4, -0.2) is 0 Å². The molecule has 1 unspecified atom stereocenters. The smallest absolute Gasteiger partial charge is 0.0166 e. The van der Waals surface area contributed by atoms with Crippen LogP contribution < -0.4 is 0 Å². The minimum Gasteiger partial charge on any atom is -0.103 e. The molecule has 0 amide bonds. The van der Waals surface area contributed by atoms with Gasteiger partial charge in [0.2, 0.25) is 0 Å². The van der Waals surface area contributed by atoms with Crippen molar-refractivity contribution in [1.29, 1.82) is 0 Å². The standard InChI is InChI=1S/C17H28/c1-3-5-7-8-9-10-12-17-14-13-16(15-17)11-6-4-2/h3,8-9,12,16H,1,4-7,10-11,13-15H2,2H3/b9-8-,17-12+. The summed E-state index contributed by atoms with van der Waals surface area (Å²) in [5.74, 6) is 0.992. The molecular formula is C17H28. The molecule has 0 heteroatoms. The number of hydrogen-bond donors (Lipinski definition) is 0. The summed E-state index contributed by atoms with van der Waals surface area (Å²) in [6.45, 7) is 6.02. The van der Waals surface area contributed by atoms with Gasteiger partial charge >= 0.3 is 0 Å². The van der Waals surface area contributed by atoms with Crippen molar-refractivity contribution >= 4 is 0 Å². The Labute approximate surface area is 108 Å². The molecule has 1 atom stereocenters. The SMILES string of the molecule is C=CCC/C=C\C/C=C1\CCC(CCCC)C1. The Kier molecular flexibility index (Phi) is 7.79. The molecule has 0 aliphatic heterocycles. The van der Waals surface area contributed by atoms with E-state index in [0.717, 1.165) is 25.2 Å².